The fraction of sp³-hybridized carbons (Fsp3) is 0.474. The number of benzene rings is 1. The van der Waals surface area contributed by atoms with Gasteiger partial charge in [-0.25, -0.2) is 4.39 Å². The Bertz CT molecular complexity index is 655. The zero-order valence-electron chi connectivity index (χ0n) is 13.5. The summed E-state index contributed by atoms with van der Waals surface area (Å²) < 4.78 is 13.1. The van der Waals surface area contributed by atoms with Crippen molar-refractivity contribution in [2.45, 2.75) is 38.3 Å². The Morgan fingerprint density at radius 1 is 1.00 bits per heavy atom. The van der Waals surface area contributed by atoms with E-state index in [4.69, 9.17) is 0 Å². The van der Waals surface area contributed by atoms with Crippen LogP contribution in [0.25, 0.3) is 0 Å². The zero-order chi connectivity index (χ0) is 16.7. The molecule has 0 spiro atoms. The van der Waals surface area contributed by atoms with Gasteiger partial charge in [-0.1, -0.05) is 24.3 Å². The number of rotatable bonds is 5. The van der Waals surface area contributed by atoms with Crippen LogP contribution < -0.4 is 0 Å². The third kappa shape index (κ3) is 2.88. The molecule has 2 fully saturated rings. The molecule has 2 aliphatic carbocycles. The molecule has 0 aromatic heterocycles. The molecule has 4 nitrogen and oxygen atoms in total. The number of hydrogen-bond donors (Lipinski definition) is 0. The van der Waals surface area contributed by atoms with Crippen LogP contribution in [0.1, 0.15) is 31.2 Å². The molecule has 1 saturated heterocycles. The monoisotopic (exact) mass is 328 g/mol. The van der Waals surface area contributed by atoms with Crippen molar-refractivity contribution in [1.29, 1.82) is 0 Å². The quantitative estimate of drug-likeness (QED) is 0.616. The third-order valence-corrected chi connectivity index (χ3v) is 5.28. The Kier molecular flexibility index (Phi) is 3.96. The van der Waals surface area contributed by atoms with Crippen molar-refractivity contribution < 1.29 is 14.0 Å². The Hall–Kier alpha value is -2.01. The second kappa shape index (κ2) is 6.13. The SMILES string of the molecule is O=C1[C@H]2CC=CC[C@H]2C(=O)N1CN(Cc1ccc(F)cc1)C1CC1. The first-order valence-corrected chi connectivity index (χ1v) is 8.62. The van der Waals surface area contributed by atoms with Crippen LogP contribution in [0, 0.1) is 17.7 Å². The summed E-state index contributed by atoms with van der Waals surface area (Å²) in [4.78, 5) is 28.9. The minimum Gasteiger partial charge on any atom is -0.278 e. The van der Waals surface area contributed by atoms with Gasteiger partial charge in [0.2, 0.25) is 11.8 Å². The number of nitrogens with zero attached hydrogens (tertiary/aromatic N) is 2. The fourth-order valence-electron chi connectivity index (χ4n) is 3.75. The van der Waals surface area contributed by atoms with Crippen molar-refractivity contribution in [2.75, 3.05) is 6.67 Å². The van der Waals surface area contributed by atoms with Gasteiger partial charge in [0.05, 0.1) is 18.5 Å². The first-order chi connectivity index (χ1) is 11.6. The van der Waals surface area contributed by atoms with E-state index in [0.717, 1.165) is 18.4 Å². The number of hydrogen-bond acceptors (Lipinski definition) is 3. The second-order valence-corrected chi connectivity index (χ2v) is 7.01. The Morgan fingerprint density at radius 3 is 2.12 bits per heavy atom. The van der Waals surface area contributed by atoms with Crippen LogP contribution in [0.3, 0.4) is 0 Å². The highest BCUT2D eigenvalue weighted by atomic mass is 19.1. The van der Waals surface area contributed by atoms with Crippen molar-refractivity contribution in [3.8, 4) is 0 Å². The van der Waals surface area contributed by atoms with E-state index in [9.17, 15) is 14.0 Å². The summed E-state index contributed by atoms with van der Waals surface area (Å²) in [6, 6.07) is 6.85. The maximum absolute atomic E-state index is 13.1. The molecule has 1 saturated carbocycles. The van der Waals surface area contributed by atoms with E-state index in [2.05, 4.69) is 4.90 Å². The lowest BCUT2D eigenvalue weighted by atomic mass is 9.85. The molecule has 0 unspecified atom stereocenters. The van der Waals surface area contributed by atoms with E-state index in [1.165, 1.54) is 17.0 Å². The predicted octanol–water partition coefficient (Wildman–Crippen LogP) is 2.70. The first kappa shape index (κ1) is 15.5. The summed E-state index contributed by atoms with van der Waals surface area (Å²) in [5.74, 6) is -0.653. The molecule has 0 bridgehead atoms. The van der Waals surface area contributed by atoms with E-state index >= 15 is 0 Å². The molecule has 1 aromatic carbocycles. The normalized spacial score (nSPS) is 26.3. The standard InChI is InChI=1S/C19H21FN2O2/c20-14-7-5-13(6-8-14)11-21(15-9-10-15)12-22-18(23)16-3-1-2-4-17(16)19(22)24/h1-2,5-8,15-17H,3-4,9-12H2/t16-,17+. The highest BCUT2D eigenvalue weighted by molar-refractivity contribution is 6.05. The Balaban J connectivity index is 1.48. The van der Waals surface area contributed by atoms with E-state index in [0.29, 0.717) is 32.1 Å². The number of likely N-dealkylation sites (tertiary alicyclic amines) is 1. The number of allylic oxidation sites excluding steroid dienone is 2. The number of carbonyl (C=O) groups excluding carboxylic acids is 2. The van der Waals surface area contributed by atoms with Gasteiger partial charge in [-0.2, -0.15) is 0 Å². The highest BCUT2D eigenvalue weighted by Gasteiger charge is 2.48. The number of amides is 2. The molecule has 24 heavy (non-hydrogen) atoms. The molecule has 1 aliphatic heterocycles. The zero-order valence-corrected chi connectivity index (χ0v) is 13.5. The van der Waals surface area contributed by atoms with Crippen molar-refractivity contribution in [3.05, 3.63) is 47.8 Å². The van der Waals surface area contributed by atoms with Gasteiger partial charge in [-0.3, -0.25) is 19.4 Å². The number of fused-ring (bicyclic) bond motifs is 1. The minimum atomic E-state index is -0.252. The molecule has 2 amide bonds. The van der Waals surface area contributed by atoms with E-state index < -0.39 is 0 Å². The fourth-order valence-corrected chi connectivity index (χ4v) is 3.75. The van der Waals surface area contributed by atoms with Gasteiger partial charge in [-0.05, 0) is 43.4 Å². The van der Waals surface area contributed by atoms with Crippen LogP contribution in [0.15, 0.2) is 36.4 Å². The van der Waals surface area contributed by atoms with Crippen LogP contribution in [0.2, 0.25) is 0 Å². The number of halogens is 1. The van der Waals surface area contributed by atoms with Crippen molar-refractivity contribution >= 4 is 11.8 Å². The van der Waals surface area contributed by atoms with Gasteiger partial charge in [0.15, 0.2) is 0 Å². The Morgan fingerprint density at radius 2 is 1.58 bits per heavy atom. The molecule has 3 aliphatic rings. The summed E-state index contributed by atoms with van der Waals surface area (Å²) in [5, 5.41) is 0. The van der Waals surface area contributed by atoms with Gasteiger partial charge in [0, 0.05) is 12.6 Å². The van der Waals surface area contributed by atoms with E-state index in [1.54, 1.807) is 12.1 Å². The largest absolute Gasteiger partial charge is 0.278 e. The molecule has 1 aromatic rings. The molecule has 4 rings (SSSR count). The molecule has 1 heterocycles. The van der Waals surface area contributed by atoms with Gasteiger partial charge in [0.25, 0.3) is 0 Å². The molecule has 2 atom stereocenters. The molecule has 0 radical (unpaired) electrons. The average Bonchev–Trinajstić information content (AvgIpc) is 3.41. The van der Waals surface area contributed by atoms with Crippen molar-refractivity contribution in [1.82, 2.24) is 9.80 Å². The third-order valence-electron chi connectivity index (χ3n) is 5.28. The summed E-state index contributed by atoms with van der Waals surface area (Å²) >= 11 is 0. The molecule has 0 N–H and O–H groups in total. The lowest BCUT2D eigenvalue weighted by Gasteiger charge is -2.27. The van der Waals surface area contributed by atoms with E-state index in [-0.39, 0.29) is 29.5 Å². The minimum absolute atomic E-state index is 0.0286. The van der Waals surface area contributed by atoms with Gasteiger partial charge in [-0.15, -0.1) is 0 Å². The van der Waals surface area contributed by atoms with Crippen molar-refractivity contribution in [3.63, 3.8) is 0 Å². The molecule has 5 heteroatoms. The summed E-state index contributed by atoms with van der Waals surface area (Å²) in [6.07, 6.45) is 7.54. The summed E-state index contributed by atoms with van der Waals surface area (Å²) in [6.45, 7) is 0.988. The average molecular weight is 328 g/mol. The lowest BCUT2D eigenvalue weighted by Crippen LogP contribution is -2.42. The Labute approximate surface area is 140 Å². The second-order valence-electron chi connectivity index (χ2n) is 7.01. The van der Waals surface area contributed by atoms with Crippen LogP contribution in [-0.2, 0) is 16.1 Å². The van der Waals surface area contributed by atoms with Crippen LogP contribution in [-0.4, -0.2) is 34.3 Å². The lowest BCUT2D eigenvalue weighted by molar-refractivity contribution is -0.142. The van der Waals surface area contributed by atoms with Gasteiger partial charge in [0.1, 0.15) is 5.82 Å². The molecular formula is C19H21FN2O2. The van der Waals surface area contributed by atoms with Gasteiger partial charge < -0.3 is 0 Å². The summed E-state index contributed by atoms with van der Waals surface area (Å²) in [5.41, 5.74) is 1.00. The van der Waals surface area contributed by atoms with Gasteiger partial charge >= 0.3 is 0 Å². The predicted molar refractivity (Wildman–Crippen MR) is 87.0 cm³/mol. The maximum Gasteiger partial charge on any atom is 0.234 e. The van der Waals surface area contributed by atoms with E-state index in [1.807, 2.05) is 12.2 Å². The highest BCUT2D eigenvalue weighted by Crippen LogP contribution is 2.36. The molecule has 126 valence electrons. The van der Waals surface area contributed by atoms with Crippen LogP contribution >= 0.6 is 0 Å². The first-order valence-electron chi connectivity index (χ1n) is 8.62. The smallest absolute Gasteiger partial charge is 0.234 e. The van der Waals surface area contributed by atoms with Crippen LogP contribution in [0.4, 0.5) is 4.39 Å². The number of carbonyl (C=O) groups is 2. The molecular weight excluding hydrogens is 307 g/mol. The maximum atomic E-state index is 13.1. The topological polar surface area (TPSA) is 40.6 Å². The summed E-state index contributed by atoms with van der Waals surface area (Å²) in [7, 11) is 0. The number of imide groups is 1. The van der Waals surface area contributed by atoms with Crippen LogP contribution in [0.5, 0.6) is 0 Å². The van der Waals surface area contributed by atoms with Crippen molar-refractivity contribution in [2.24, 2.45) is 11.8 Å².